The van der Waals surface area contributed by atoms with E-state index in [0.717, 1.165) is 6.07 Å². The maximum absolute atomic E-state index is 13.3. The molecule has 19 heavy (non-hydrogen) atoms. The third-order valence-corrected chi connectivity index (χ3v) is 5.20. The van der Waals surface area contributed by atoms with Gasteiger partial charge < -0.3 is 5.32 Å². The summed E-state index contributed by atoms with van der Waals surface area (Å²) in [6, 6.07) is 1.66. The van der Waals surface area contributed by atoms with Crippen LogP contribution in [-0.4, -0.2) is 30.9 Å². The summed E-state index contributed by atoms with van der Waals surface area (Å²) in [5.41, 5.74) is -0.301. The van der Waals surface area contributed by atoms with Gasteiger partial charge in [-0.15, -0.1) is 0 Å². The number of hydrogen-bond donors (Lipinski definition) is 1. The number of anilines is 1. The van der Waals surface area contributed by atoms with Crippen molar-refractivity contribution < 1.29 is 17.7 Å². The van der Waals surface area contributed by atoms with Crippen molar-refractivity contribution in [3.05, 3.63) is 32.5 Å². The molecule has 1 N–H and O–H groups in total. The van der Waals surface area contributed by atoms with Crippen molar-refractivity contribution in [1.29, 1.82) is 0 Å². The highest BCUT2D eigenvalue weighted by atomic mass is 79.9. The molecule has 6 nitrogen and oxygen atoms in total. The Kier molecular flexibility index (Phi) is 3.77. The maximum atomic E-state index is 13.3. The fraction of sp³-hybridized carbons (Fsp3) is 0.400. The molecule has 1 heterocycles. The Bertz CT molecular complexity index is 635. The molecule has 1 aliphatic heterocycles. The Morgan fingerprint density at radius 1 is 1.47 bits per heavy atom. The van der Waals surface area contributed by atoms with Crippen LogP contribution in [0.2, 0.25) is 0 Å². The van der Waals surface area contributed by atoms with Gasteiger partial charge >= 0.3 is 0 Å². The van der Waals surface area contributed by atoms with Gasteiger partial charge in [-0.1, -0.05) is 0 Å². The third kappa shape index (κ3) is 3.21. The third-order valence-electron chi connectivity index (χ3n) is 2.83. The number of rotatable bonds is 3. The summed E-state index contributed by atoms with van der Waals surface area (Å²) in [5.74, 6) is -0.753. The maximum Gasteiger partial charge on any atom is 0.295 e. The second-order valence-corrected chi connectivity index (χ2v) is 7.37. The van der Waals surface area contributed by atoms with E-state index >= 15 is 0 Å². The number of hydrogen-bond acceptors (Lipinski definition) is 5. The van der Waals surface area contributed by atoms with Gasteiger partial charge in [-0.25, -0.2) is 12.8 Å². The van der Waals surface area contributed by atoms with Crippen LogP contribution in [0.4, 0.5) is 15.8 Å². The molecule has 0 radical (unpaired) electrons. The molecule has 1 aromatic rings. The Labute approximate surface area is 117 Å². The lowest BCUT2D eigenvalue weighted by atomic mass is 10.2. The number of halogens is 2. The van der Waals surface area contributed by atoms with E-state index in [1.54, 1.807) is 0 Å². The van der Waals surface area contributed by atoms with E-state index in [9.17, 15) is 22.9 Å². The summed E-state index contributed by atoms with van der Waals surface area (Å²) in [6.07, 6.45) is 0.383. The Morgan fingerprint density at radius 3 is 2.68 bits per heavy atom. The first-order valence-corrected chi connectivity index (χ1v) is 8.00. The standard InChI is InChI=1S/C10H10BrFN2O4S/c11-7-3-9(10(14(15)16)4-8(7)12)13-6-1-2-19(17,18)5-6/h3-4,6,13H,1-2,5H2. The molecule has 1 fully saturated rings. The zero-order chi connectivity index (χ0) is 14.2. The topological polar surface area (TPSA) is 89.3 Å². The summed E-state index contributed by atoms with van der Waals surface area (Å²) < 4.78 is 36.0. The first kappa shape index (κ1) is 14.2. The molecule has 0 amide bonds. The van der Waals surface area contributed by atoms with Gasteiger partial charge in [0.2, 0.25) is 0 Å². The smallest absolute Gasteiger partial charge is 0.295 e. The molecule has 1 aromatic carbocycles. The summed E-state index contributed by atoms with van der Waals surface area (Å²) in [7, 11) is -3.09. The molecule has 104 valence electrons. The van der Waals surface area contributed by atoms with Crippen molar-refractivity contribution in [1.82, 2.24) is 0 Å². The second kappa shape index (κ2) is 5.04. The number of nitrogens with zero attached hydrogens (tertiary/aromatic N) is 1. The monoisotopic (exact) mass is 352 g/mol. The number of nitrogens with one attached hydrogen (secondary N) is 1. The zero-order valence-electron chi connectivity index (χ0n) is 9.60. The van der Waals surface area contributed by atoms with Crippen molar-refractivity contribution in [2.45, 2.75) is 12.5 Å². The molecule has 1 aliphatic rings. The molecule has 2 rings (SSSR count). The van der Waals surface area contributed by atoms with Crippen LogP contribution in [0.15, 0.2) is 16.6 Å². The van der Waals surface area contributed by atoms with E-state index in [1.165, 1.54) is 6.07 Å². The summed E-state index contributed by atoms with van der Waals surface area (Å²) in [5, 5.41) is 13.6. The van der Waals surface area contributed by atoms with E-state index in [2.05, 4.69) is 21.2 Å². The van der Waals surface area contributed by atoms with Crippen LogP contribution in [-0.2, 0) is 9.84 Å². The highest BCUT2D eigenvalue weighted by Crippen LogP contribution is 2.32. The van der Waals surface area contributed by atoms with Crippen molar-refractivity contribution in [3.63, 3.8) is 0 Å². The summed E-state index contributed by atoms with van der Waals surface area (Å²) >= 11 is 2.95. The number of nitro groups is 1. The predicted molar refractivity (Wildman–Crippen MR) is 71.4 cm³/mol. The molecule has 0 aromatic heterocycles. The van der Waals surface area contributed by atoms with Gasteiger partial charge in [0.15, 0.2) is 9.84 Å². The lowest BCUT2D eigenvalue weighted by Gasteiger charge is -2.13. The minimum Gasteiger partial charge on any atom is -0.376 e. The van der Waals surface area contributed by atoms with Crippen molar-refractivity contribution >= 4 is 37.1 Å². The average Bonchev–Trinajstić information content (AvgIpc) is 2.62. The van der Waals surface area contributed by atoms with Gasteiger partial charge in [-0.05, 0) is 28.4 Å². The predicted octanol–water partition coefficient (Wildman–Crippen LogP) is 2.10. The number of nitro benzene ring substituents is 1. The first-order valence-electron chi connectivity index (χ1n) is 5.39. The van der Waals surface area contributed by atoms with Gasteiger partial charge in [0.05, 0.1) is 27.0 Å². The molecule has 1 unspecified atom stereocenters. The van der Waals surface area contributed by atoms with E-state index in [1.807, 2.05) is 0 Å². The highest BCUT2D eigenvalue weighted by Gasteiger charge is 2.29. The van der Waals surface area contributed by atoms with E-state index in [4.69, 9.17) is 0 Å². The Hall–Kier alpha value is -1.22. The second-order valence-electron chi connectivity index (χ2n) is 4.28. The summed E-state index contributed by atoms with van der Waals surface area (Å²) in [4.78, 5) is 10.1. The molecule has 0 spiro atoms. The normalized spacial score (nSPS) is 21.3. The van der Waals surface area contributed by atoms with Crippen LogP contribution in [0.1, 0.15) is 6.42 Å². The lowest BCUT2D eigenvalue weighted by molar-refractivity contribution is -0.384. The van der Waals surface area contributed by atoms with Crippen molar-refractivity contribution in [3.8, 4) is 0 Å². The Balaban J connectivity index is 2.29. The number of sulfone groups is 1. The molecule has 1 atom stereocenters. The molecule has 0 bridgehead atoms. The van der Waals surface area contributed by atoms with Gasteiger partial charge in [0.1, 0.15) is 11.5 Å². The zero-order valence-corrected chi connectivity index (χ0v) is 12.0. The quantitative estimate of drug-likeness (QED) is 0.664. The summed E-state index contributed by atoms with van der Waals surface area (Å²) in [6.45, 7) is 0. The van der Waals surface area contributed by atoms with E-state index in [-0.39, 0.29) is 27.7 Å². The fourth-order valence-electron chi connectivity index (χ4n) is 1.93. The SMILES string of the molecule is O=[N+]([O-])c1cc(F)c(Br)cc1NC1CCS(=O)(=O)C1. The van der Waals surface area contributed by atoms with E-state index < -0.39 is 26.3 Å². The van der Waals surface area contributed by atoms with Crippen LogP contribution in [0.3, 0.4) is 0 Å². The van der Waals surface area contributed by atoms with Gasteiger partial charge in [-0.2, -0.15) is 0 Å². The Morgan fingerprint density at radius 2 is 2.16 bits per heavy atom. The molecule has 1 saturated heterocycles. The largest absolute Gasteiger partial charge is 0.376 e. The fourth-order valence-corrected chi connectivity index (χ4v) is 3.95. The van der Waals surface area contributed by atoms with Crippen LogP contribution in [0, 0.1) is 15.9 Å². The van der Waals surface area contributed by atoms with Crippen molar-refractivity contribution in [2.75, 3.05) is 16.8 Å². The van der Waals surface area contributed by atoms with Crippen LogP contribution < -0.4 is 5.32 Å². The van der Waals surface area contributed by atoms with Gasteiger partial charge in [0, 0.05) is 6.04 Å². The molecular weight excluding hydrogens is 343 g/mol. The first-order chi connectivity index (χ1) is 8.78. The molecule has 9 heteroatoms. The minimum atomic E-state index is -3.09. The number of benzene rings is 1. The molecular formula is C10H10BrFN2O4S. The van der Waals surface area contributed by atoms with Crippen molar-refractivity contribution in [2.24, 2.45) is 0 Å². The molecule has 0 saturated carbocycles. The lowest BCUT2D eigenvalue weighted by Crippen LogP contribution is -2.21. The molecule has 0 aliphatic carbocycles. The van der Waals surface area contributed by atoms with Crippen LogP contribution >= 0.6 is 15.9 Å². The van der Waals surface area contributed by atoms with Gasteiger partial charge in [-0.3, -0.25) is 10.1 Å². The minimum absolute atomic E-state index is 0.0564. The average molecular weight is 353 g/mol. The van der Waals surface area contributed by atoms with Crippen LogP contribution in [0.5, 0.6) is 0 Å². The van der Waals surface area contributed by atoms with Crippen LogP contribution in [0.25, 0.3) is 0 Å². The van der Waals surface area contributed by atoms with E-state index in [0.29, 0.717) is 6.42 Å². The van der Waals surface area contributed by atoms with Gasteiger partial charge in [0.25, 0.3) is 5.69 Å². The highest BCUT2D eigenvalue weighted by molar-refractivity contribution is 9.10.